The number of nitrogens with one attached hydrogen (secondary N) is 2. The van der Waals surface area contributed by atoms with E-state index < -0.39 is 0 Å². The minimum Gasteiger partial charge on any atom is -0.329 e. The van der Waals surface area contributed by atoms with E-state index >= 15 is 0 Å². The Morgan fingerprint density at radius 3 is 2.55 bits per heavy atom. The van der Waals surface area contributed by atoms with Gasteiger partial charge < -0.3 is 9.88 Å². The van der Waals surface area contributed by atoms with E-state index in [1.165, 1.54) is 6.21 Å². The molecular weight excluding hydrogens is 438 g/mol. The SMILES string of the molecule is CCn1c(C)nc2cc(C(=O)N/N=C/c3cccc(NC(=O)c4ccc(Cl)cc4)c3)ccc21. The van der Waals surface area contributed by atoms with Crippen LogP contribution in [0.25, 0.3) is 11.0 Å². The number of nitrogens with zero attached hydrogens (tertiary/aromatic N) is 3. The molecule has 0 saturated heterocycles. The first-order valence-corrected chi connectivity index (χ1v) is 10.8. The average Bonchev–Trinajstić information content (AvgIpc) is 3.13. The fraction of sp³-hybridized carbons (Fsp3) is 0.120. The number of hydrogen-bond acceptors (Lipinski definition) is 4. The topological polar surface area (TPSA) is 88.4 Å². The van der Waals surface area contributed by atoms with Gasteiger partial charge in [-0.3, -0.25) is 9.59 Å². The summed E-state index contributed by atoms with van der Waals surface area (Å²) < 4.78 is 2.09. The molecule has 0 atom stereocenters. The van der Waals surface area contributed by atoms with E-state index in [9.17, 15) is 9.59 Å². The second-order valence-corrected chi connectivity index (χ2v) is 7.83. The van der Waals surface area contributed by atoms with Crippen LogP contribution in [0.5, 0.6) is 0 Å². The standard InChI is InChI=1S/C25H22ClN5O2/c1-3-31-16(2)28-22-14-19(9-12-23(22)31)25(33)30-27-15-17-5-4-6-21(13-17)29-24(32)18-7-10-20(26)11-8-18/h4-15H,3H2,1-2H3,(H,29,32)(H,30,33)/b27-15+. The van der Waals surface area contributed by atoms with Crippen LogP contribution in [0.3, 0.4) is 0 Å². The zero-order chi connectivity index (χ0) is 23.4. The van der Waals surface area contributed by atoms with Crippen molar-refractivity contribution in [3.63, 3.8) is 0 Å². The Hall–Kier alpha value is -3.97. The molecule has 166 valence electrons. The molecule has 0 unspecified atom stereocenters. The predicted octanol–water partition coefficient (Wildman–Crippen LogP) is 5.03. The van der Waals surface area contributed by atoms with Gasteiger partial charge in [0, 0.05) is 28.4 Å². The summed E-state index contributed by atoms with van der Waals surface area (Å²) >= 11 is 5.87. The van der Waals surface area contributed by atoms with Crippen LogP contribution in [0, 0.1) is 6.92 Å². The van der Waals surface area contributed by atoms with E-state index in [1.54, 1.807) is 54.6 Å². The number of carbonyl (C=O) groups is 2. The molecule has 0 spiro atoms. The Morgan fingerprint density at radius 2 is 1.79 bits per heavy atom. The van der Waals surface area contributed by atoms with Crippen molar-refractivity contribution in [2.24, 2.45) is 5.10 Å². The number of hydrogen-bond donors (Lipinski definition) is 2. The number of benzene rings is 3. The number of amides is 2. The molecule has 2 N–H and O–H groups in total. The number of aryl methyl sites for hydroxylation is 2. The van der Waals surface area contributed by atoms with Crippen molar-refractivity contribution in [1.82, 2.24) is 15.0 Å². The normalized spacial score (nSPS) is 11.1. The lowest BCUT2D eigenvalue weighted by molar-refractivity contribution is 0.0954. The molecule has 33 heavy (non-hydrogen) atoms. The lowest BCUT2D eigenvalue weighted by atomic mass is 10.2. The molecule has 0 aliphatic heterocycles. The van der Waals surface area contributed by atoms with Crippen LogP contribution in [0.4, 0.5) is 5.69 Å². The van der Waals surface area contributed by atoms with Gasteiger partial charge in [0.25, 0.3) is 11.8 Å². The molecule has 3 aromatic carbocycles. The molecule has 1 aromatic heterocycles. The third-order valence-electron chi connectivity index (χ3n) is 5.15. The molecule has 0 saturated carbocycles. The van der Waals surface area contributed by atoms with Gasteiger partial charge in [-0.25, -0.2) is 10.4 Å². The molecule has 0 aliphatic rings. The third kappa shape index (κ3) is 5.10. The minimum absolute atomic E-state index is 0.245. The van der Waals surface area contributed by atoms with Crippen LogP contribution in [-0.4, -0.2) is 27.6 Å². The molecule has 4 aromatic rings. The first kappa shape index (κ1) is 22.2. The molecule has 7 nitrogen and oxygen atoms in total. The monoisotopic (exact) mass is 459 g/mol. The van der Waals surface area contributed by atoms with Crippen LogP contribution in [0.1, 0.15) is 39.0 Å². The first-order chi connectivity index (χ1) is 15.9. The number of fused-ring (bicyclic) bond motifs is 1. The van der Waals surface area contributed by atoms with E-state index in [4.69, 9.17) is 11.6 Å². The average molecular weight is 460 g/mol. The maximum atomic E-state index is 12.5. The molecule has 4 rings (SSSR count). The Labute approximate surface area is 196 Å². The van der Waals surface area contributed by atoms with E-state index in [2.05, 4.69) is 32.3 Å². The van der Waals surface area contributed by atoms with Crippen molar-refractivity contribution in [3.8, 4) is 0 Å². The van der Waals surface area contributed by atoms with E-state index in [0.29, 0.717) is 21.8 Å². The summed E-state index contributed by atoms with van der Waals surface area (Å²) in [5.41, 5.74) is 6.61. The highest BCUT2D eigenvalue weighted by atomic mass is 35.5. The fourth-order valence-electron chi connectivity index (χ4n) is 3.52. The maximum absolute atomic E-state index is 12.5. The van der Waals surface area contributed by atoms with Crippen molar-refractivity contribution >= 4 is 46.4 Å². The van der Waals surface area contributed by atoms with Gasteiger partial charge in [0.1, 0.15) is 5.82 Å². The number of carbonyl (C=O) groups excluding carboxylic acids is 2. The number of rotatable bonds is 6. The molecule has 8 heteroatoms. The van der Waals surface area contributed by atoms with E-state index in [-0.39, 0.29) is 11.8 Å². The van der Waals surface area contributed by atoms with Crippen molar-refractivity contribution in [2.45, 2.75) is 20.4 Å². The Morgan fingerprint density at radius 1 is 1.03 bits per heavy atom. The zero-order valence-corrected chi connectivity index (χ0v) is 18.9. The van der Waals surface area contributed by atoms with Crippen molar-refractivity contribution < 1.29 is 9.59 Å². The van der Waals surface area contributed by atoms with Gasteiger partial charge in [-0.1, -0.05) is 23.7 Å². The van der Waals surface area contributed by atoms with Gasteiger partial charge in [-0.05, 0) is 74.0 Å². The lowest BCUT2D eigenvalue weighted by Crippen LogP contribution is -2.17. The maximum Gasteiger partial charge on any atom is 0.271 e. The smallest absolute Gasteiger partial charge is 0.271 e. The third-order valence-corrected chi connectivity index (χ3v) is 5.40. The van der Waals surface area contributed by atoms with Crippen LogP contribution in [0.2, 0.25) is 5.02 Å². The number of hydrazone groups is 1. The number of halogens is 1. The van der Waals surface area contributed by atoms with Crippen LogP contribution in [0.15, 0.2) is 71.8 Å². The number of imidazole rings is 1. The summed E-state index contributed by atoms with van der Waals surface area (Å²) in [6, 6.07) is 19.2. The number of anilines is 1. The number of aromatic nitrogens is 2. The lowest BCUT2D eigenvalue weighted by Gasteiger charge is -2.06. The summed E-state index contributed by atoms with van der Waals surface area (Å²) in [7, 11) is 0. The molecule has 0 radical (unpaired) electrons. The Balaban J connectivity index is 1.41. The Kier molecular flexibility index (Phi) is 6.51. The highest BCUT2D eigenvalue weighted by Gasteiger charge is 2.10. The Bertz CT molecular complexity index is 1360. The summed E-state index contributed by atoms with van der Waals surface area (Å²) in [4.78, 5) is 29.4. The van der Waals surface area contributed by atoms with Gasteiger partial charge in [0.05, 0.1) is 17.2 Å². The van der Waals surface area contributed by atoms with E-state index in [0.717, 1.165) is 29.0 Å². The first-order valence-electron chi connectivity index (χ1n) is 10.4. The van der Waals surface area contributed by atoms with Crippen molar-refractivity contribution in [1.29, 1.82) is 0 Å². The van der Waals surface area contributed by atoms with Crippen LogP contribution >= 0.6 is 11.6 Å². The summed E-state index contributed by atoms with van der Waals surface area (Å²) in [6.45, 7) is 4.82. The largest absolute Gasteiger partial charge is 0.329 e. The summed E-state index contributed by atoms with van der Waals surface area (Å²) in [5.74, 6) is 0.334. The van der Waals surface area contributed by atoms with Crippen LogP contribution in [-0.2, 0) is 6.54 Å². The van der Waals surface area contributed by atoms with Gasteiger partial charge >= 0.3 is 0 Å². The molecular formula is C25H22ClN5O2. The molecule has 0 fully saturated rings. The van der Waals surface area contributed by atoms with E-state index in [1.807, 2.05) is 19.1 Å². The second-order valence-electron chi connectivity index (χ2n) is 7.39. The van der Waals surface area contributed by atoms with Gasteiger partial charge in [-0.15, -0.1) is 0 Å². The minimum atomic E-state index is -0.330. The summed E-state index contributed by atoms with van der Waals surface area (Å²) in [5, 5.41) is 7.45. The summed E-state index contributed by atoms with van der Waals surface area (Å²) in [6.07, 6.45) is 1.52. The van der Waals surface area contributed by atoms with Crippen molar-refractivity contribution in [3.05, 3.63) is 94.3 Å². The molecule has 0 aliphatic carbocycles. The van der Waals surface area contributed by atoms with Crippen LogP contribution < -0.4 is 10.7 Å². The molecule has 1 heterocycles. The quantitative estimate of drug-likeness (QED) is 0.313. The van der Waals surface area contributed by atoms with Gasteiger partial charge in [0.15, 0.2) is 0 Å². The highest BCUT2D eigenvalue weighted by Crippen LogP contribution is 2.18. The second kappa shape index (κ2) is 9.67. The van der Waals surface area contributed by atoms with Gasteiger partial charge in [-0.2, -0.15) is 5.10 Å². The van der Waals surface area contributed by atoms with Crippen molar-refractivity contribution in [2.75, 3.05) is 5.32 Å². The molecule has 2 amide bonds. The highest BCUT2D eigenvalue weighted by molar-refractivity contribution is 6.30. The zero-order valence-electron chi connectivity index (χ0n) is 18.2. The molecule has 0 bridgehead atoms. The fourth-order valence-corrected chi connectivity index (χ4v) is 3.65. The van der Waals surface area contributed by atoms with Gasteiger partial charge in [0.2, 0.25) is 0 Å². The predicted molar refractivity (Wildman–Crippen MR) is 131 cm³/mol.